The molecule has 1 aromatic carbocycles. The van der Waals surface area contributed by atoms with E-state index in [1.54, 1.807) is 6.07 Å². The summed E-state index contributed by atoms with van der Waals surface area (Å²) in [4.78, 5) is 15.0. The van der Waals surface area contributed by atoms with Gasteiger partial charge in [0.25, 0.3) is 0 Å². The maximum atomic E-state index is 15.0. The highest BCUT2D eigenvalue weighted by atomic mass is 35.5. The summed E-state index contributed by atoms with van der Waals surface area (Å²) in [5, 5.41) is 0.937. The number of aromatic nitrogens is 3. The lowest BCUT2D eigenvalue weighted by Crippen LogP contribution is -2.66. The van der Waals surface area contributed by atoms with Crippen LogP contribution in [0.15, 0.2) is 18.3 Å². The maximum absolute atomic E-state index is 15.0. The van der Waals surface area contributed by atoms with E-state index in [-0.39, 0.29) is 27.9 Å². The van der Waals surface area contributed by atoms with Gasteiger partial charge >= 0.3 is 0 Å². The van der Waals surface area contributed by atoms with Crippen LogP contribution in [0.3, 0.4) is 0 Å². The quantitative estimate of drug-likeness (QED) is 0.582. The van der Waals surface area contributed by atoms with Crippen LogP contribution in [0, 0.1) is 17.0 Å². The summed E-state index contributed by atoms with van der Waals surface area (Å²) in [6.45, 7) is 2.84. The molecule has 30 heavy (non-hydrogen) atoms. The van der Waals surface area contributed by atoms with Gasteiger partial charge in [0, 0.05) is 24.5 Å². The van der Waals surface area contributed by atoms with E-state index >= 15 is 8.78 Å². The molecule has 5 rings (SSSR count). The second kappa shape index (κ2) is 6.88. The third kappa shape index (κ3) is 2.84. The molecule has 4 heterocycles. The number of fused-ring (bicyclic) bond motifs is 1. The van der Waals surface area contributed by atoms with Crippen molar-refractivity contribution in [2.75, 3.05) is 45.4 Å². The van der Waals surface area contributed by atoms with E-state index in [4.69, 9.17) is 25.8 Å². The van der Waals surface area contributed by atoms with Crippen molar-refractivity contribution >= 4 is 28.3 Å². The van der Waals surface area contributed by atoms with Gasteiger partial charge in [0.05, 0.1) is 50.1 Å². The first-order valence-corrected chi connectivity index (χ1v) is 9.59. The Hall–Kier alpha value is -2.78. The highest BCUT2D eigenvalue weighted by Gasteiger charge is 2.50. The average Bonchev–Trinajstić information content (AvgIpc) is 2.66. The fraction of sp³-hybridized carbons (Fsp3) is 0.350. The van der Waals surface area contributed by atoms with Crippen molar-refractivity contribution in [2.45, 2.75) is 0 Å². The van der Waals surface area contributed by atoms with Crippen LogP contribution in [-0.2, 0) is 4.74 Å². The van der Waals surface area contributed by atoms with Gasteiger partial charge in [-0.1, -0.05) is 11.6 Å². The number of hydrogen-bond donors (Lipinski definition) is 0. The normalized spacial score (nSPS) is 17.0. The summed E-state index contributed by atoms with van der Waals surface area (Å²) in [7, 11) is 2.58. The minimum atomic E-state index is -0.907. The van der Waals surface area contributed by atoms with Gasteiger partial charge in [-0.2, -0.15) is 0 Å². The van der Waals surface area contributed by atoms with Crippen molar-refractivity contribution in [2.24, 2.45) is 5.41 Å². The van der Waals surface area contributed by atoms with Crippen LogP contribution in [-0.4, -0.2) is 55.5 Å². The van der Waals surface area contributed by atoms with Gasteiger partial charge < -0.3 is 19.1 Å². The maximum Gasteiger partial charge on any atom is 0.179 e. The number of halogens is 3. The topological polar surface area (TPSA) is 69.6 Å². The van der Waals surface area contributed by atoms with Crippen LogP contribution in [0.2, 0.25) is 5.15 Å². The third-order valence-corrected chi connectivity index (χ3v) is 5.70. The molecule has 2 saturated heterocycles. The van der Waals surface area contributed by atoms with Gasteiger partial charge in [-0.3, -0.25) is 0 Å². The molecule has 0 amide bonds. The van der Waals surface area contributed by atoms with E-state index < -0.39 is 17.2 Å². The first-order valence-electron chi connectivity index (χ1n) is 9.21. The van der Waals surface area contributed by atoms with Crippen LogP contribution in [0.5, 0.6) is 11.5 Å². The number of nitrogens with zero attached hydrogens (tertiary/aromatic N) is 4. The number of hydrogen-bond acceptors (Lipinski definition) is 7. The third-order valence-electron chi connectivity index (χ3n) is 5.49. The van der Waals surface area contributed by atoms with E-state index in [0.29, 0.717) is 29.9 Å². The summed E-state index contributed by atoms with van der Waals surface area (Å²) >= 11 is 6.08. The van der Waals surface area contributed by atoms with E-state index in [9.17, 15) is 0 Å². The van der Waals surface area contributed by atoms with Gasteiger partial charge in [-0.25, -0.2) is 23.7 Å². The van der Waals surface area contributed by atoms with Gasteiger partial charge in [0.2, 0.25) is 0 Å². The molecule has 1 spiro atoms. The molecule has 7 nitrogen and oxygen atoms in total. The molecule has 10 heteroatoms. The lowest BCUT2D eigenvalue weighted by molar-refractivity contribution is -0.127. The van der Waals surface area contributed by atoms with Gasteiger partial charge in [-0.15, -0.1) is 0 Å². The first kappa shape index (κ1) is 19.2. The SMILES string of the molecule is COc1cc(OC)c(F)c(-c2nc(N3CC4(COC4)C3)c3cc(Cl)ncc3n2)c1F. The molecule has 0 aliphatic carbocycles. The predicted octanol–water partition coefficient (Wildman–Crippen LogP) is 3.48. The number of rotatable bonds is 4. The molecule has 0 N–H and O–H groups in total. The van der Waals surface area contributed by atoms with Crippen LogP contribution < -0.4 is 14.4 Å². The molecule has 156 valence electrons. The van der Waals surface area contributed by atoms with Crippen molar-refractivity contribution in [1.82, 2.24) is 15.0 Å². The number of pyridine rings is 1. The Balaban J connectivity index is 1.70. The second-order valence-electron chi connectivity index (χ2n) is 7.53. The number of methoxy groups -OCH3 is 2. The highest BCUT2D eigenvalue weighted by Crippen LogP contribution is 2.43. The summed E-state index contributed by atoms with van der Waals surface area (Å²) in [6.07, 6.45) is 1.46. The van der Waals surface area contributed by atoms with Gasteiger partial charge in [0.15, 0.2) is 29.0 Å². The van der Waals surface area contributed by atoms with E-state index in [1.165, 1.54) is 20.4 Å². The van der Waals surface area contributed by atoms with Crippen molar-refractivity contribution < 1.29 is 23.0 Å². The molecule has 0 bridgehead atoms. The minimum Gasteiger partial charge on any atom is -0.494 e. The second-order valence-corrected chi connectivity index (χ2v) is 7.92. The zero-order valence-corrected chi connectivity index (χ0v) is 17.0. The molecule has 0 saturated carbocycles. The van der Waals surface area contributed by atoms with E-state index in [0.717, 1.165) is 19.2 Å². The Kier molecular flexibility index (Phi) is 4.41. The van der Waals surface area contributed by atoms with E-state index in [2.05, 4.69) is 15.0 Å². The summed E-state index contributed by atoms with van der Waals surface area (Å²) in [6, 6.07) is 2.80. The molecule has 2 fully saturated rings. The van der Waals surface area contributed by atoms with E-state index in [1.807, 2.05) is 4.90 Å². The standard InChI is InChI=1S/C20H17ClF2N4O3/c1-28-12-4-13(29-2)17(23)15(16(12)22)18-25-11-5-24-14(21)3-10(11)19(26-18)27-6-20(7-27)8-30-9-20/h3-5H,6-9H2,1-2H3. The molecule has 0 radical (unpaired) electrons. The molecule has 0 unspecified atom stereocenters. The fourth-order valence-electron chi connectivity index (χ4n) is 3.91. The largest absolute Gasteiger partial charge is 0.494 e. The van der Waals surface area contributed by atoms with Gasteiger partial charge in [0.1, 0.15) is 11.0 Å². The Morgan fingerprint density at radius 2 is 1.73 bits per heavy atom. The van der Waals surface area contributed by atoms with Crippen LogP contribution in [0.4, 0.5) is 14.6 Å². The zero-order valence-electron chi connectivity index (χ0n) is 16.2. The average molecular weight is 435 g/mol. The number of benzene rings is 1. The Morgan fingerprint density at radius 1 is 1.07 bits per heavy atom. The highest BCUT2D eigenvalue weighted by molar-refractivity contribution is 6.30. The van der Waals surface area contributed by atoms with Crippen molar-refractivity contribution in [3.8, 4) is 22.9 Å². The summed E-state index contributed by atoms with van der Waals surface area (Å²) in [5.41, 5.74) is 0.113. The molecular weight excluding hydrogens is 418 g/mol. The van der Waals surface area contributed by atoms with Crippen molar-refractivity contribution in [3.63, 3.8) is 0 Å². The molecule has 2 aliphatic heterocycles. The predicted molar refractivity (Wildman–Crippen MR) is 106 cm³/mol. The smallest absolute Gasteiger partial charge is 0.179 e. The number of ether oxygens (including phenoxy) is 3. The van der Waals surface area contributed by atoms with Gasteiger partial charge in [-0.05, 0) is 6.07 Å². The van der Waals surface area contributed by atoms with Crippen LogP contribution >= 0.6 is 11.6 Å². The fourth-order valence-corrected chi connectivity index (χ4v) is 4.07. The zero-order chi connectivity index (χ0) is 21.0. The first-order chi connectivity index (χ1) is 14.4. The number of anilines is 1. The van der Waals surface area contributed by atoms with Crippen LogP contribution in [0.25, 0.3) is 22.3 Å². The Bertz CT molecular complexity index is 1140. The van der Waals surface area contributed by atoms with Crippen molar-refractivity contribution in [3.05, 3.63) is 35.1 Å². The molecule has 2 aliphatic rings. The minimum absolute atomic E-state index is 0.115. The molecule has 3 aromatic rings. The molecule has 2 aromatic heterocycles. The van der Waals surface area contributed by atoms with Crippen LogP contribution in [0.1, 0.15) is 0 Å². The molecular formula is C20H17ClF2N4O3. The summed E-state index contributed by atoms with van der Waals surface area (Å²) < 4.78 is 45.5. The monoisotopic (exact) mass is 434 g/mol. The summed E-state index contributed by atoms with van der Waals surface area (Å²) in [5.74, 6) is -1.74. The lowest BCUT2D eigenvalue weighted by Gasteiger charge is -2.55. The molecule has 0 atom stereocenters. The van der Waals surface area contributed by atoms with Crippen molar-refractivity contribution in [1.29, 1.82) is 0 Å². The Morgan fingerprint density at radius 3 is 2.30 bits per heavy atom. The lowest BCUT2D eigenvalue weighted by atomic mass is 9.78. The Labute approximate surface area is 175 Å².